The molecule has 0 unspecified atom stereocenters. The third-order valence-electron chi connectivity index (χ3n) is 5.34. The van der Waals surface area contributed by atoms with E-state index in [0.717, 1.165) is 24.2 Å². The van der Waals surface area contributed by atoms with E-state index in [1.54, 1.807) is 11.0 Å². The second-order valence-electron chi connectivity index (χ2n) is 7.44. The summed E-state index contributed by atoms with van der Waals surface area (Å²) in [6, 6.07) is 14.1. The highest BCUT2D eigenvalue weighted by Gasteiger charge is 2.22. The molecule has 0 bridgehead atoms. The van der Waals surface area contributed by atoms with Crippen LogP contribution < -0.4 is 4.90 Å². The van der Waals surface area contributed by atoms with Gasteiger partial charge in [-0.3, -0.25) is 4.79 Å². The fourth-order valence-electron chi connectivity index (χ4n) is 3.49. The van der Waals surface area contributed by atoms with Crippen molar-refractivity contribution in [3.63, 3.8) is 0 Å². The fraction of sp³-hybridized carbons (Fsp3) is 0.333. The van der Waals surface area contributed by atoms with Crippen molar-refractivity contribution in [2.45, 2.75) is 20.8 Å². The number of anilines is 1. The Bertz CT molecular complexity index is 912. The molecule has 1 fully saturated rings. The number of carbonyl (C=O) groups is 2. The molecule has 0 N–H and O–H groups in total. The van der Waals surface area contributed by atoms with Crippen LogP contribution in [0.5, 0.6) is 0 Å². The van der Waals surface area contributed by atoms with Gasteiger partial charge < -0.3 is 14.5 Å². The minimum atomic E-state index is -0.506. The number of piperazine rings is 1. The molecule has 1 amide bonds. The highest BCUT2D eigenvalue weighted by Crippen LogP contribution is 2.23. The summed E-state index contributed by atoms with van der Waals surface area (Å²) in [6.45, 7) is 8.82. The van der Waals surface area contributed by atoms with Gasteiger partial charge in [0.1, 0.15) is 0 Å². The monoisotopic (exact) mass is 392 g/mol. The van der Waals surface area contributed by atoms with Crippen molar-refractivity contribution in [1.29, 1.82) is 0 Å². The molecule has 0 aromatic heterocycles. The molecule has 1 aliphatic rings. The predicted molar refractivity (Wildman–Crippen MR) is 116 cm³/mol. The number of rotatable bonds is 5. The highest BCUT2D eigenvalue weighted by molar-refractivity contribution is 5.89. The largest absolute Gasteiger partial charge is 0.452 e. The lowest BCUT2D eigenvalue weighted by Crippen LogP contribution is -2.50. The first kappa shape index (κ1) is 20.6. The summed E-state index contributed by atoms with van der Waals surface area (Å²) in [5.74, 6) is -0.656. The first-order valence-electron chi connectivity index (χ1n) is 9.94. The van der Waals surface area contributed by atoms with Crippen LogP contribution in [0.4, 0.5) is 5.69 Å². The summed E-state index contributed by atoms with van der Waals surface area (Å²) < 4.78 is 5.12. The zero-order chi connectivity index (χ0) is 20.8. The second kappa shape index (κ2) is 9.41. The van der Waals surface area contributed by atoms with Crippen molar-refractivity contribution >= 4 is 23.6 Å². The van der Waals surface area contributed by atoms with Gasteiger partial charge in [-0.15, -0.1) is 0 Å². The quantitative estimate of drug-likeness (QED) is 0.577. The van der Waals surface area contributed by atoms with Gasteiger partial charge in [0.2, 0.25) is 0 Å². The summed E-state index contributed by atoms with van der Waals surface area (Å²) >= 11 is 0. The van der Waals surface area contributed by atoms with Crippen LogP contribution in [0, 0.1) is 20.8 Å². The summed E-state index contributed by atoms with van der Waals surface area (Å²) in [6.07, 6.45) is 3.06. The van der Waals surface area contributed by atoms with Crippen LogP contribution in [-0.2, 0) is 14.3 Å². The van der Waals surface area contributed by atoms with E-state index in [-0.39, 0.29) is 12.5 Å². The van der Waals surface area contributed by atoms with E-state index in [1.807, 2.05) is 31.2 Å². The molecular weight excluding hydrogens is 364 g/mol. The number of hydrogen-bond acceptors (Lipinski definition) is 4. The van der Waals surface area contributed by atoms with Crippen LogP contribution in [-0.4, -0.2) is 49.6 Å². The summed E-state index contributed by atoms with van der Waals surface area (Å²) in [4.78, 5) is 28.4. The van der Waals surface area contributed by atoms with Gasteiger partial charge in [0.05, 0.1) is 0 Å². The molecule has 152 valence electrons. The molecule has 29 heavy (non-hydrogen) atoms. The van der Waals surface area contributed by atoms with Crippen molar-refractivity contribution in [2.75, 3.05) is 37.7 Å². The lowest BCUT2D eigenvalue weighted by molar-refractivity contribution is -0.148. The molecule has 2 aromatic rings. The maximum absolute atomic E-state index is 12.4. The van der Waals surface area contributed by atoms with E-state index >= 15 is 0 Å². The number of nitrogens with zero attached hydrogens (tertiary/aromatic N) is 2. The summed E-state index contributed by atoms with van der Waals surface area (Å²) in [5.41, 5.74) is 5.82. The van der Waals surface area contributed by atoms with Crippen LogP contribution in [0.25, 0.3) is 6.08 Å². The van der Waals surface area contributed by atoms with Crippen molar-refractivity contribution in [3.8, 4) is 0 Å². The number of hydrogen-bond donors (Lipinski definition) is 0. The molecular formula is C24H28N2O3. The van der Waals surface area contributed by atoms with Gasteiger partial charge in [-0.05, 0) is 49.6 Å². The predicted octanol–water partition coefficient (Wildman–Crippen LogP) is 3.52. The average Bonchev–Trinajstić information content (AvgIpc) is 2.73. The van der Waals surface area contributed by atoms with Crippen LogP contribution in [0.15, 0.2) is 48.5 Å². The number of carbonyl (C=O) groups excluding carboxylic acids is 2. The summed E-state index contributed by atoms with van der Waals surface area (Å²) in [5, 5.41) is 0. The molecule has 5 nitrogen and oxygen atoms in total. The number of ether oxygens (including phenoxy) is 1. The van der Waals surface area contributed by atoms with Gasteiger partial charge in [-0.25, -0.2) is 4.79 Å². The minimum Gasteiger partial charge on any atom is -0.452 e. The van der Waals surface area contributed by atoms with E-state index in [9.17, 15) is 9.59 Å². The van der Waals surface area contributed by atoms with E-state index < -0.39 is 5.97 Å². The number of esters is 1. The van der Waals surface area contributed by atoms with Gasteiger partial charge in [0.25, 0.3) is 5.91 Å². The Labute approximate surface area is 172 Å². The third kappa shape index (κ3) is 5.47. The lowest BCUT2D eigenvalue weighted by Gasteiger charge is -2.37. The van der Waals surface area contributed by atoms with Crippen LogP contribution in [0.3, 0.4) is 0 Å². The summed E-state index contributed by atoms with van der Waals surface area (Å²) in [7, 11) is 0. The molecule has 0 radical (unpaired) electrons. The van der Waals surface area contributed by atoms with Crippen molar-refractivity contribution in [3.05, 3.63) is 70.8 Å². The zero-order valence-corrected chi connectivity index (χ0v) is 17.4. The van der Waals surface area contributed by atoms with E-state index in [4.69, 9.17) is 4.74 Å². The molecule has 1 aliphatic heterocycles. The Hall–Kier alpha value is -3.08. The zero-order valence-electron chi connectivity index (χ0n) is 17.4. The molecule has 0 aliphatic carbocycles. The minimum absolute atomic E-state index is 0.150. The molecule has 5 heteroatoms. The topological polar surface area (TPSA) is 49.9 Å². The Morgan fingerprint density at radius 1 is 1.00 bits per heavy atom. The van der Waals surface area contributed by atoms with Gasteiger partial charge in [-0.2, -0.15) is 0 Å². The van der Waals surface area contributed by atoms with Gasteiger partial charge in [0, 0.05) is 37.9 Å². The first-order chi connectivity index (χ1) is 13.9. The molecule has 0 saturated carbocycles. The first-order valence-corrected chi connectivity index (χ1v) is 9.94. The molecule has 2 aromatic carbocycles. The van der Waals surface area contributed by atoms with E-state index in [2.05, 4.69) is 36.9 Å². The van der Waals surface area contributed by atoms with Crippen LogP contribution in [0.2, 0.25) is 0 Å². The Morgan fingerprint density at radius 3 is 2.45 bits per heavy atom. The third-order valence-corrected chi connectivity index (χ3v) is 5.34. The SMILES string of the molecule is Cc1cccc(/C=C/C(=O)OCC(=O)N2CCN(c3cccc(C)c3C)CC2)c1. The molecule has 1 heterocycles. The maximum Gasteiger partial charge on any atom is 0.331 e. The van der Waals surface area contributed by atoms with Crippen molar-refractivity contribution in [1.82, 2.24) is 4.90 Å². The fourth-order valence-corrected chi connectivity index (χ4v) is 3.49. The molecule has 3 rings (SSSR count). The Balaban J connectivity index is 1.46. The molecule has 1 saturated heterocycles. The molecule has 0 atom stereocenters. The van der Waals surface area contributed by atoms with Gasteiger partial charge in [-0.1, -0.05) is 42.0 Å². The standard InChI is InChI=1S/C24H28N2O3/c1-18-6-4-8-21(16-18)10-11-24(28)29-17-23(27)26-14-12-25(13-15-26)22-9-5-7-19(2)20(22)3/h4-11,16H,12-15,17H2,1-3H3/b11-10+. The second-order valence-corrected chi connectivity index (χ2v) is 7.44. The van der Waals surface area contributed by atoms with Crippen LogP contribution in [0.1, 0.15) is 22.3 Å². The van der Waals surface area contributed by atoms with Crippen molar-refractivity contribution in [2.24, 2.45) is 0 Å². The number of benzene rings is 2. The number of aryl methyl sites for hydroxylation is 2. The molecule has 0 spiro atoms. The Morgan fingerprint density at radius 2 is 1.72 bits per heavy atom. The number of amides is 1. The smallest absolute Gasteiger partial charge is 0.331 e. The van der Waals surface area contributed by atoms with E-state index in [1.165, 1.54) is 22.9 Å². The highest BCUT2D eigenvalue weighted by atomic mass is 16.5. The van der Waals surface area contributed by atoms with Gasteiger partial charge in [0.15, 0.2) is 6.61 Å². The lowest BCUT2D eigenvalue weighted by atomic mass is 10.1. The Kier molecular flexibility index (Phi) is 6.70. The van der Waals surface area contributed by atoms with Crippen molar-refractivity contribution < 1.29 is 14.3 Å². The normalized spacial score (nSPS) is 14.3. The van der Waals surface area contributed by atoms with E-state index in [0.29, 0.717) is 13.1 Å². The average molecular weight is 392 g/mol. The van der Waals surface area contributed by atoms with Gasteiger partial charge >= 0.3 is 5.97 Å². The maximum atomic E-state index is 12.4. The van der Waals surface area contributed by atoms with Crippen LogP contribution >= 0.6 is 0 Å².